The van der Waals surface area contributed by atoms with E-state index >= 15 is 0 Å². The fraction of sp³-hybridized carbons (Fsp3) is 0.333. The van der Waals surface area contributed by atoms with Crippen molar-refractivity contribution < 1.29 is 5.11 Å². The van der Waals surface area contributed by atoms with Crippen molar-refractivity contribution in [3.63, 3.8) is 0 Å². The summed E-state index contributed by atoms with van der Waals surface area (Å²) in [4.78, 5) is 0. The number of hydrogen-bond acceptors (Lipinski definition) is 1. The van der Waals surface area contributed by atoms with Gasteiger partial charge in [-0.15, -0.1) is 0 Å². The van der Waals surface area contributed by atoms with Crippen molar-refractivity contribution in [2.45, 2.75) is 19.6 Å². The number of fused-ring (bicyclic) bond motifs is 1. The molecule has 0 fully saturated rings. The highest BCUT2D eigenvalue weighted by Gasteiger charge is 2.04. The Morgan fingerprint density at radius 3 is 3.18 bits per heavy atom. The van der Waals surface area contributed by atoms with E-state index in [9.17, 15) is 0 Å². The van der Waals surface area contributed by atoms with Crippen LogP contribution in [0.1, 0.15) is 17.7 Å². The predicted octanol–water partition coefficient (Wildman–Crippen LogP) is 1.40. The van der Waals surface area contributed by atoms with Crippen molar-refractivity contribution in [3.05, 3.63) is 29.6 Å². The van der Waals surface area contributed by atoms with Gasteiger partial charge in [-0.3, -0.25) is 0 Å². The molecule has 1 aliphatic heterocycles. The zero-order valence-corrected chi connectivity index (χ0v) is 6.33. The Kier molecular flexibility index (Phi) is 1.55. The van der Waals surface area contributed by atoms with Gasteiger partial charge in [0.2, 0.25) is 0 Å². The van der Waals surface area contributed by atoms with Crippen LogP contribution in [0.25, 0.3) is 6.08 Å². The van der Waals surface area contributed by atoms with Gasteiger partial charge in [-0.25, -0.2) is 0 Å². The van der Waals surface area contributed by atoms with E-state index in [0.717, 1.165) is 18.5 Å². The minimum absolute atomic E-state index is 0.147. The molecule has 58 valence electrons. The molecular formula is C9H11NO. The number of allylic oxidation sites excluding steroid dienone is 1. The number of rotatable bonds is 1. The van der Waals surface area contributed by atoms with Crippen molar-refractivity contribution in [1.29, 1.82) is 0 Å². The molecule has 0 aliphatic carbocycles. The summed E-state index contributed by atoms with van der Waals surface area (Å²) < 4.78 is 2.17. The average Bonchev–Trinajstić information content (AvgIpc) is 2.46. The highest BCUT2D eigenvalue weighted by atomic mass is 16.3. The summed E-state index contributed by atoms with van der Waals surface area (Å²) >= 11 is 0. The van der Waals surface area contributed by atoms with Crippen LogP contribution in [0.4, 0.5) is 0 Å². The van der Waals surface area contributed by atoms with Crippen LogP contribution in [0, 0.1) is 0 Å². The summed E-state index contributed by atoms with van der Waals surface area (Å²) in [7, 11) is 0. The van der Waals surface area contributed by atoms with E-state index in [1.807, 2.05) is 12.3 Å². The SMILES string of the molecule is OCc1cc2n(c1)CCC=C2. The maximum absolute atomic E-state index is 8.85. The summed E-state index contributed by atoms with van der Waals surface area (Å²) in [6.45, 7) is 1.19. The van der Waals surface area contributed by atoms with E-state index < -0.39 is 0 Å². The molecule has 2 rings (SSSR count). The number of aliphatic hydroxyl groups excluding tert-OH is 1. The average molecular weight is 149 g/mol. The Morgan fingerprint density at radius 2 is 2.45 bits per heavy atom. The quantitative estimate of drug-likeness (QED) is 0.641. The molecule has 0 amide bonds. The van der Waals surface area contributed by atoms with Crippen LogP contribution in [0.3, 0.4) is 0 Å². The molecule has 2 heterocycles. The summed E-state index contributed by atoms with van der Waals surface area (Å²) in [5.41, 5.74) is 2.21. The summed E-state index contributed by atoms with van der Waals surface area (Å²) in [5, 5.41) is 8.85. The number of hydrogen-bond donors (Lipinski definition) is 1. The van der Waals surface area contributed by atoms with Gasteiger partial charge in [0.15, 0.2) is 0 Å². The third-order valence-electron chi connectivity index (χ3n) is 1.99. The second-order valence-electron chi connectivity index (χ2n) is 2.82. The molecule has 1 aromatic heterocycles. The molecule has 0 radical (unpaired) electrons. The Labute approximate surface area is 65.8 Å². The Hall–Kier alpha value is -1.02. The second-order valence-corrected chi connectivity index (χ2v) is 2.82. The van der Waals surface area contributed by atoms with Gasteiger partial charge in [0.1, 0.15) is 0 Å². The van der Waals surface area contributed by atoms with E-state index in [2.05, 4.69) is 16.7 Å². The van der Waals surface area contributed by atoms with Crippen molar-refractivity contribution >= 4 is 6.08 Å². The van der Waals surface area contributed by atoms with E-state index in [1.165, 1.54) is 5.69 Å². The zero-order chi connectivity index (χ0) is 7.68. The van der Waals surface area contributed by atoms with E-state index in [4.69, 9.17) is 5.11 Å². The molecule has 0 bridgehead atoms. The van der Waals surface area contributed by atoms with Gasteiger partial charge >= 0.3 is 0 Å². The van der Waals surface area contributed by atoms with Gasteiger partial charge in [0, 0.05) is 18.4 Å². The Balaban J connectivity index is 2.42. The standard InChI is InChI=1S/C9H11NO/c11-7-8-5-9-3-1-2-4-10(9)6-8/h1,3,5-6,11H,2,4,7H2. The molecule has 0 saturated carbocycles. The fourth-order valence-corrected chi connectivity index (χ4v) is 1.43. The highest BCUT2D eigenvalue weighted by molar-refractivity contribution is 5.48. The van der Waals surface area contributed by atoms with Crippen LogP contribution in [0.2, 0.25) is 0 Å². The van der Waals surface area contributed by atoms with Crippen molar-refractivity contribution in [2.24, 2.45) is 0 Å². The first-order chi connectivity index (χ1) is 5.40. The van der Waals surface area contributed by atoms with Gasteiger partial charge in [0.05, 0.1) is 6.61 Å². The number of aliphatic hydroxyl groups is 1. The topological polar surface area (TPSA) is 25.2 Å². The highest BCUT2D eigenvalue weighted by Crippen LogP contribution is 2.15. The molecule has 0 spiro atoms. The molecule has 1 aliphatic rings. The largest absolute Gasteiger partial charge is 0.392 e. The molecule has 1 aromatic rings. The lowest BCUT2D eigenvalue weighted by atomic mass is 10.2. The maximum atomic E-state index is 8.85. The summed E-state index contributed by atoms with van der Waals surface area (Å²) in [6, 6.07) is 2.02. The van der Waals surface area contributed by atoms with Crippen molar-refractivity contribution in [3.8, 4) is 0 Å². The van der Waals surface area contributed by atoms with Gasteiger partial charge < -0.3 is 9.67 Å². The van der Waals surface area contributed by atoms with Crippen molar-refractivity contribution in [1.82, 2.24) is 4.57 Å². The number of aryl methyl sites for hydroxylation is 1. The second kappa shape index (κ2) is 2.55. The molecule has 0 saturated heterocycles. The van der Waals surface area contributed by atoms with Crippen molar-refractivity contribution in [2.75, 3.05) is 0 Å². The van der Waals surface area contributed by atoms with Gasteiger partial charge in [-0.2, -0.15) is 0 Å². The molecule has 0 atom stereocenters. The monoisotopic (exact) mass is 149 g/mol. The van der Waals surface area contributed by atoms with E-state index in [1.54, 1.807) is 0 Å². The lowest BCUT2D eigenvalue weighted by Gasteiger charge is -2.07. The zero-order valence-electron chi connectivity index (χ0n) is 6.33. The Bertz CT molecular complexity index is 286. The normalized spacial score (nSPS) is 15.0. The molecule has 11 heavy (non-hydrogen) atoms. The Morgan fingerprint density at radius 1 is 1.55 bits per heavy atom. The van der Waals surface area contributed by atoms with Crippen LogP contribution in [0.15, 0.2) is 18.3 Å². The van der Waals surface area contributed by atoms with Crippen LogP contribution >= 0.6 is 0 Å². The first-order valence-corrected chi connectivity index (χ1v) is 3.86. The molecular weight excluding hydrogens is 138 g/mol. The first kappa shape index (κ1) is 6.68. The number of nitrogens with zero attached hydrogens (tertiary/aromatic N) is 1. The first-order valence-electron chi connectivity index (χ1n) is 3.86. The predicted molar refractivity (Wildman–Crippen MR) is 44.0 cm³/mol. The fourth-order valence-electron chi connectivity index (χ4n) is 1.43. The number of aromatic nitrogens is 1. The third kappa shape index (κ3) is 1.10. The van der Waals surface area contributed by atoms with Crippen LogP contribution in [-0.2, 0) is 13.2 Å². The molecule has 0 unspecified atom stereocenters. The summed E-state index contributed by atoms with van der Waals surface area (Å²) in [5.74, 6) is 0. The maximum Gasteiger partial charge on any atom is 0.0696 e. The van der Waals surface area contributed by atoms with Gasteiger partial charge in [-0.1, -0.05) is 6.08 Å². The minimum atomic E-state index is 0.147. The van der Waals surface area contributed by atoms with Gasteiger partial charge in [-0.05, 0) is 24.1 Å². The molecule has 1 N–H and O–H groups in total. The smallest absolute Gasteiger partial charge is 0.0696 e. The third-order valence-corrected chi connectivity index (χ3v) is 1.99. The van der Waals surface area contributed by atoms with E-state index in [0.29, 0.717) is 0 Å². The molecule has 0 aromatic carbocycles. The van der Waals surface area contributed by atoms with Gasteiger partial charge in [0.25, 0.3) is 0 Å². The van der Waals surface area contributed by atoms with Crippen LogP contribution < -0.4 is 0 Å². The van der Waals surface area contributed by atoms with Crippen LogP contribution in [0.5, 0.6) is 0 Å². The lowest BCUT2D eigenvalue weighted by molar-refractivity contribution is 0.281. The van der Waals surface area contributed by atoms with Crippen LogP contribution in [-0.4, -0.2) is 9.67 Å². The molecule has 2 heteroatoms. The minimum Gasteiger partial charge on any atom is -0.392 e. The summed E-state index contributed by atoms with van der Waals surface area (Å²) in [6.07, 6.45) is 7.38. The molecule has 2 nitrogen and oxygen atoms in total. The lowest BCUT2D eigenvalue weighted by Crippen LogP contribution is -2.00. The van der Waals surface area contributed by atoms with E-state index in [-0.39, 0.29) is 6.61 Å².